The van der Waals surface area contributed by atoms with Gasteiger partial charge in [-0.1, -0.05) is 12.1 Å². The molecule has 0 spiro atoms. The normalized spacial score (nSPS) is 23.3. The number of fused-ring (bicyclic) bond motifs is 2. The van der Waals surface area contributed by atoms with Crippen LogP contribution in [0.3, 0.4) is 0 Å². The summed E-state index contributed by atoms with van der Waals surface area (Å²) in [5.41, 5.74) is 2.21. The van der Waals surface area contributed by atoms with Gasteiger partial charge in [0, 0.05) is 30.9 Å². The van der Waals surface area contributed by atoms with E-state index in [-0.39, 0.29) is 17.8 Å². The first-order valence-electron chi connectivity index (χ1n) is 10.1. The summed E-state index contributed by atoms with van der Waals surface area (Å²) in [6.07, 6.45) is -1.57. The van der Waals surface area contributed by atoms with Crippen molar-refractivity contribution in [3.8, 4) is 11.5 Å². The number of benzene rings is 2. The highest BCUT2D eigenvalue weighted by Crippen LogP contribution is 2.42. The highest BCUT2D eigenvalue weighted by molar-refractivity contribution is 5.56. The number of nitrogens with zero attached hydrogens (tertiary/aromatic N) is 1. The Labute approximate surface area is 167 Å². The standard InChI is InChI=1S/C22H23F3N2O2/c23-22(24,25)17-3-1-2-4-19(17)27-8-7-15(13-27)26-18-6-5-14-11-20-21(12-16(14)18)29-10-9-28-20/h1-4,11-12,15,18,26H,5-10,13H2. The predicted octanol–water partition coefficient (Wildman–Crippen LogP) is 4.33. The van der Waals surface area contributed by atoms with Crippen molar-refractivity contribution in [3.63, 3.8) is 0 Å². The first-order valence-corrected chi connectivity index (χ1v) is 10.1. The summed E-state index contributed by atoms with van der Waals surface area (Å²) >= 11 is 0. The number of halogens is 3. The molecule has 1 fully saturated rings. The topological polar surface area (TPSA) is 33.7 Å². The van der Waals surface area contributed by atoms with Crippen molar-refractivity contribution < 1.29 is 22.6 Å². The molecular weight excluding hydrogens is 381 g/mol. The molecule has 0 radical (unpaired) electrons. The van der Waals surface area contributed by atoms with Crippen LogP contribution in [0, 0.1) is 0 Å². The summed E-state index contributed by atoms with van der Waals surface area (Å²) < 4.78 is 51.5. The highest BCUT2D eigenvalue weighted by Gasteiger charge is 2.37. The SMILES string of the molecule is FC(F)(F)c1ccccc1N1CCC(NC2CCc3cc4c(cc32)OCCO4)C1. The zero-order chi connectivity index (χ0) is 20.0. The minimum Gasteiger partial charge on any atom is -0.486 e. The average molecular weight is 404 g/mol. The lowest BCUT2D eigenvalue weighted by Gasteiger charge is -2.25. The Balaban J connectivity index is 1.30. The number of para-hydroxylation sites is 1. The maximum absolute atomic E-state index is 13.4. The molecule has 29 heavy (non-hydrogen) atoms. The van der Waals surface area contributed by atoms with E-state index in [4.69, 9.17) is 9.47 Å². The number of anilines is 1. The average Bonchev–Trinajstić information content (AvgIpc) is 3.33. The molecule has 2 aliphatic heterocycles. The van der Waals surface area contributed by atoms with E-state index >= 15 is 0 Å². The van der Waals surface area contributed by atoms with E-state index in [9.17, 15) is 13.2 Å². The molecule has 2 unspecified atom stereocenters. The molecule has 2 aromatic rings. The summed E-state index contributed by atoms with van der Waals surface area (Å²) in [7, 11) is 0. The molecule has 0 bridgehead atoms. The van der Waals surface area contributed by atoms with Crippen molar-refractivity contribution in [2.45, 2.75) is 37.5 Å². The van der Waals surface area contributed by atoms with Gasteiger partial charge in [-0.05, 0) is 54.7 Å². The Morgan fingerprint density at radius 1 is 1.00 bits per heavy atom. The van der Waals surface area contributed by atoms with E-state index in [0.717, 1.165) is 36.8 Å². The fourth-order valence-electron chi connectivity index (χ4n) is 4.70. The summed E-state index contributed by atoms with van der Waals surface area (Å²) in [6, 6.07) is 10.3. The quantitative estimate of drug-likeness (QED) is 0.826. The van der Waals surface area contributed by atoms with Gasteiger partial charge in [-0.25, -0.2) is 0 Å². The van der Waals surface area contributed by atoms with Crippen LogP contribution in [0.4, 0.5) is 18.9 Å². The zero-order valence-corrected chi connectivity index (χ0v) is 16.0. The number of alkyl halides is 3. The summed E-state index contributed by atoms with van der Waals surface area (Å²) in [6.45, 7) is 2.32. The molecule has 5 rings (SSSR count). The number of hydrogen-bond donors (Lipinski definition) is 1. The number of hydrogen-bond acceptors (Lipinski definition) is 4. The van der Waals surface area contributed by atoms with Crippen LogP contribution in [0.25, 0.3) is 0 Å². The van der Waals surface area contributed by atoms with Crippen molar-refractivity contribution in [2.24, 2.45) is 0 Å². The summed E-state index contributed by atoms with van der Waals surface area (Å²) in [4.78, 5) is 1.85. The molecule has 7 heteroatoms. The van der Waals surface area contributed by atoms with Crippen LogP contribution in [0.1, 0.15) is 35.6 Å². The molecule has 4 nitrogen and oxygen atoms in total. The minimum atomic E-state index is -4.34. The van der Waals surface area contributed by atoms with Gasteiger partial charge in [-0.2, -0.15) is 13.2 Å². The van der Waals surface area contributed by atoms with Crippen LogP contribution in [0.2, 0.25) is 0 Å². The fraction of sp³-hybridized carbons (Fsp3) is 0.455. The lowest BCUT2D eigenvalue weighted by atomic mass is 10.1. The third-order valence-electron chi connectivity index (χ3n) is 6.06. The smallest absolute Gasteiger partial charge is 0.418 e. The third kappa shape index (κ3) is 3.52. The Bertz CT molecular complexity index is 915. The number of ether oxygens (including phenoxy) is 2. The molecule has 1 N–H and O–H groups in total. The van der Waals surface area contributed by atoms with E-state index in [2.05, 4.69) is 17.4 Å². The predicted molar refractivity (Wildman–Crippen MR) is 104 cm³/mol. The highest BCUT2D eigenvalue weighted by atomic mass is 19.4. The van der Waals surface area contributed by atoms with E-state index in [1.165, 1.54) is 17.2 Å². The molecule has 2 atom stereocenters. The molecule has 0 saturated carbocycles. The molecule has 1 saturated heterocycles. The Morgan fingerprint density at radius 3 is 2.55 bits per heavy atom. The van der Waals surface area contributed by atoms with Crippen LogP contribution >= 0.6 is 0 Å². The van der Waals surface area contributed by atoms with Crippen LogP contribution in [0.5, 0.6) is 11.5 Å². The first kappa shape index (κ1) is 18.6. The monoisotopic (exact) mass is 404 g/mol. The Hall–Kier alpha value is -2.41. The number of rotatable bonds is 3. The van der Waals surface area contributed by atoms with Crippen molar-refractivity contribution in [1.82, 2.24) is 5.32 Å². The summed E-state index contributed by atoms with van der Waals surface area (Å²) in [5.74, 6) is 1.60. The second kappa shape index (κ2) is 7.13. The third-order valence-corrected chi connectivity index (χ3v) is 6.06. The lowest BCUT2D eigenvalue weighted by molar-refractivity contribution is -0.137. The molecule has 1 aliphatic carbocycles. The van der Waals surface area contributed by atoms with Crippen LogP contribution in [0.15, 0.2) is 36.4 Å². The van der Waals surface area contributed by atoms with Gasteiger partial charge in [-0.15, -0.1) is 0 Å². The van der Waals surface area contributed by atoms with E-state index < -0.39 is 11.7 Å². The van der Waals surface area contributed by atoms with Gasteiger partial charge in [0.1, 0.15) is 13.2 Å². The van der Waals surface area contributed by atoms with Gasteiger partial charge in [0.05, 0.1) is 5.56 Å². The fourth-order valence-corrected chi connectivity index (χ4v) is 4.70. The van der Waals surface area contributed by atoms with Gasteiger partial charge in [0.25, 0.3) is 0 Å². The van der Waals surface area contributed by atoms with Crippen molar-refractivity contribution in [1.29, 1.82) is 0 Å². The van der Waals surface area contributed by atoms with Gasteiger partial charge in [-0.3, -0.25) is 0 Å². The number of nitrogens with one attached hydrogen (secondary N) is 1. The van der Waals surface area contributed by atoms with Crippen LogP contribution in [-0.4, -0.2) is 32.3 Å². The van der Waals surface area contributed by atoms with Gasteiger partial charge >= 0.3 is 6.18 Å². The van der Waals surface area contributed by atoms with E-state index in [0.29, 0.717) is 26.3 Å². The maximum atomic E-state index is 13.4. The minimum absolute atomic E-state index is 0.153. The molecule has 2 aromatic carbocycles. The van der Waals surface area contributed by atoms with Gasteiger partial charge in [0.2, 0.25) is 0 Å². The van der Waals surface area contributed by atoms with Crippen molar-refractivity contribution in [3.05, 3.63) is 53.1 Å². The number of aryl methyl sites for hydroxylation is 1. The van der Waals surface area contributed by atoms with Gasteiger partial charge in [0.15, 0.2) is 11.5 Å². The van der Waals surface area contributed by atoms with E-state index in [1.807, 2.05) is 4.90 Å². The van der Waals surface area contributed by atoms with Crippen LogP contribution in [-0.2, 0) is 12.6 Å². The Kier molecular flexibility index (Phi) is 4.57. The molecule has 3 aliphatic rings. The second-order valence-corrected chi connectivity index (χ2v) is 7.90. The molecule has 0 aromatic heterocycles. The van der Waals surface area contributed by atoms with E-state index in [1.54, 1.807) is 12.1 Å². The molecule has 0 amide bonds. The first-order chi connectivity index (χ1) is 14.0. The van der Waals surface area contributed by atoms with Crippen molar-refractivity contribution in [2.75, 3.05) is 31.2 Å². The van der Waals surface area contributed by atoms with Crippen molar-refractivity contribution >= 4 is 5.69 Å². The lowest BCUT2D eigenvalue weighted by Crippen LogP contribution is -2.35. The second-order valence-electron chi connectivity index (χ2n) is 7.90. The zero-order valence-electron chi connectivity index (χ0n) is 16.0. The molecule has 2 heterocycles. The van der Waals surface area contributed by atoms with Gasteiger partial charge < -0.3 is 19.7 Å². The Morgan fingerprint density at radius 2 is 1.76 bits per heavy atom. The molecule has 154 valence electrons. The largest absolute Gasteiger partial charge is 0.486 e. The molecular formula is C22H23F3N2O2. The van der Waals surface area contributed by atoms with Crippen LogP contribution < -0.4 is 19.7 Å². The summed E-state index contributed by atoms with van der Waals surface area (Å²) in [5, 5.41) is 3.68. The maximum Gasteiger partial charge on any atom is 0.418 e.